The number of aryl methyl sites for hydroxylation is 2. The predicted octanol–water partition coefficient (Wildman–Crippen LogP) is 5.35. The van der Waals surface area contributed by atoms with Crippen LogP contribution in [0.3, 0.4) is 0 Å². The molecule has 0 saturated carbocycles. The monoisotopic (exact) mass is 422 g/mol. The molecule has 0 aliphatic carbocycles. The minimum atomic E-state index is -0.0789. The highest BCUT2D eigenvalue weighted by Crippen LogP contribution is 2.32. The molecule has 1 aromatic carbocycles. The van der Waals surface area contributed by atoms with Gasteiger partial charge in [-0.3, -0.25) is 0 Å². The fraction of sp³-hybridized carbons (Fsp3) is 0.348. The Morgan fingerprint density at radius 3 is 2.57 bits per heavy atom. The summed E-state index contributed by atoms with van der Waals surface area (Å²) < 4.78 is 4.01. The van der Waals surface area contributed by atoms with Crippen LogP contribution in [0.15, 0.2) is 49.1 Å². The summed E-state index contributed by atoms with van der Waals surface area (Å²) in [5.74, 6) is 0.957. The average molecular weight is 423 g/mol. The SMILES string of the molecule is Cc1nn2c(NCCCn3ccnc3)cc(C(C)(C)C)nc2c1-c1ccc(Cl)cc1. The third-order valence-corrected chi connectivity index (χ3v) is 5.38. The zero-order chi connectivity index (χ0) is 21.3. The Bertz CT molecular complexity index is 1140. The maximum Gasteiger partial charge on any atom is 0.165 e. The smallest absolute Gasteiger partial charge is 0.165 e. The molecule has 0 fully saturated rings. The second-order valence-electron chi connectivity index (χ2n) is 8.56. The lowest BCUT2D eigenvalue weighted by Crippen LogP contribution is -2.17. The third kappa shape index (κ3) is 4.19. The first-order valence-electron chi connectivity index (χ1n) is 10.2. The zero-order valence-corrected chi connectivity index (χ0v) is 18.6. The molecule has 0 atom stereocenters. The zero-order valence-electron chi connectivity index (χ0n) is 17.9. The number of imidazole rings is 1. The Morgan fingerprint density at radius 2 is 1.90 bits per heavy atom. The van der Waals surface area contributed by atoms with E-state index in [1.54, 1.807) is 6.20 Å². The molecule has 6 nitrogen and oxygen atoms in total. The van der Waals surface area contributed by atoms with Crippen LogP contribution in [0.4, 0.5) is 5.82 Å². The highest BCUT2D eigenvalue weighted by Gasteiger charge is 2.22. The van der Waals surface area contributed by atoms with Gasteiger partial charge in [0, 0.05) is 47.6 Å². The van der Waals surface area contributed by atoms with Gasteiger partial charge in [-0.1, -0.05) is 44.5 Å². The second kappa shape index (κ2) is 8.11. The number of halogens is 1. The van der Waals surface area contributed by atoms with Gasteiger partial charge in [0.05, 0.1) is 17.7 Å². The van der Waals surface area contributed by atoms with Crippen molar-refractivity contribution in [3.63, 3.8) is 0 Å². The molecule has 0 amide bonds. The first-order valence-corrected chi connectivity index (χ1v) is 10.6. The molecule has 4 rings (SSSR count). The summed E-state index contributed by atoms with van der Waals surface area (Å²) in [7, 11) is 0. The molecule has 4 aromatic rings. The highest BCUT2D eigenvalue weighted by atomic mass is 35.5. The summed E-state index contributed by atoms with van der Waals surface area (Å²) in [5.41, 5.74) is 4.86. The Labute approximate surface area is 181 Å². The van der Waals surface area contributed by atoms with Crippen LogP contribution in [0.5, 0.6) is 0 Å². The number of hydrogen-bond acceptors (Lipinski definition) is 4. The first-order chi connectivity index (χ1) is 14.3. The maximum atomic E-state index is 6.10. The Balaban J connectivity index is 1.71. The van der Waals surface area contributed by atoms with Crippen LogP contribution in [0.25, 0.3) is 16.8 Å². The van der Waals surface area contributed by atoms with Crippen LogP contribution in [-0.4, -0.2) is 30.7 Å². The molecule has 3 aromatic heterocycles. The van der Waals surface area contributed by atoms with Crippen LogP contribution in [0, 0.1) is 6.92 Å². The molecular formula is C23H27ClN6. The molecule has 156 valence electrons. The van der Waals surface area contributed by atoms with Crippen molar-refractivity contribution in [2.24, 2.45) is 0 Å². The fourth-order valence-corrected chi connectivity index (χ4v) is 3.61. The lowest BCUT2D eigenvalue weighted by atomic mass is 9.92. The van der Waals surface area contributed by atoms with Crippen LogP contribution >= 0.6 is 11.6 Å². The lowest BCUT2D eigenvalue weighted by molar-refractivity contribution is 0.568. The molecule has 1 N–H and O–H groups in total. The highest BCUT2D eigenvalue weighted by molar-refractivity contribution is 6.30. The number of anilines is 1. The first kappa shape index (κ1) is 20.4. The quantitative estimate of drug-likeness (QED) is 0.425. The maximum absolute atomic E-state index is 6.10. The summed E-state index contributed by atoms with van der Waals surface area (Å²) in [6.45, 7) is 10.3. The lowest BCUT2D eigenvalue weighted by Gasteiger charge is -2.20. The molecule has 3 heterocycles. The number of nitrogens with one attached hydrogen (secondary N) is 1. The molecule has 0 aliphatic heterocycles. The van der Waals surface area contributed by atoms with Crippen molar-refractivity contribution in [1.29, 1.82) is 0 Å². The van der Waals surface area contributed by atoms with Crippen LogP contribution in [0.1, 0.15) is 38.6 Å². The van der Waals surface area contributed by atoms with E-state index in [-0.39, 0.29) is 5.41 Å². The molecule has 0 unspecified atom stereocenters. The molecular weight excluding hydrogens is 396 g/mol. The number of nitrogens with zero attached hydrogens (tertiary/aromatic N) is 5. The average Bonchev–Trinajstić information content (AvgIpc) is 3.32. The van der Waals surface area contributed by atoms with E-state index in [1.807, 2.05) is 48.2 Å². The van der Waals surface area contributed by atoms with Gasteiger partial charge in [0.25, 0.3) is 0 Å². The summed E-state index contributed by atoms with van der Waals surface area (Å²) in [6.07, 6.45) is 6.62. The van der Waals surface area contributed by atoms with E-state index in [0.29, 0.717) is 0 Å². The standard InChI is InChI=1S/C23H27ClN6/c1-16-21(17-6-8-18(24)9-7-17)22-27-19(23(2,3)4)14-20(30(22)28-16)26-10-5-12-29-13-11-25-15-29/h6-9,11,13-15,26H,5,10,12H2,1-4H3. The van der Waals surface area contributed by atoms with Crippen LogP contribution in [0.2, 0.25) is 5.02 Å². The predicted molar refractivity (Wildman–Crippen MR) is 122 cm³/mol. The molecule has 0 aliphatic rings. The van der Waals surface area contributed by atoms with E-state index < -0.39 is 0 Å². The minimum Gasteiger partial charge on any atom is -0.370 e. The van der Waals surface area contributed by atoms with Crippen molar-refractivity contribution in [3.05, 3.63) is 65.5 Å². The number of hydrogen-bond donors (Lipinski definition) is 1. The molecule has 0 radical (unpaired) electrons. The van der Waals surface area contributed by atoms with E-state index >= 15 is 0 Å². The van der Waals surface area contributed by atoms with E-state index in [2.05, 4.69) is 41.7 Å². The molecule has 0 bridgehead atoms. The minimum absolute atomic E-state index is 0.0789. The van der Waals surface area contributed by atoms with Gasteiger partial charge in [-0.15, -0.1) is 0 Å². The number of aromatic nitrogens is 5. The van der Waals surface area contributed by atoms with E-state index in [0.717, 1.165) is 58.5 Å². The van der Waals surface area contributed by atoms with Crippen molar-refractivity contribution in [1.82, 2.24) is 24.1 Å². The van der Waals surface area contributed by atoms with Gasteiger partial charge in [0.1, 0.15) is 5.82 Å². The van der Waals surface area contributed by atoms with E-state index in [9.17, 15) is 0 Å². The normalized spacial score (nSPS) is 11.9. The van der Waals surface area contributed by atoms with Gasteiger partial charge < -0.3 is 9.88 Å². The summed E-state index contributed by atoms with van der Waals surface area (Å²) >= 11 is 6.10. The Morgan fingerprint density at radius 1 is 1.13 bits per heavy atom. The van der Waals surface area contributed by atoms with Crippen LogP contribution in [-0.2, 0) is 12.0 Å². The van der Waals surface area contributed by atoms with Crippen LogP contribution < -0.4 is 5.32 Å². The second-order valence-corrected chi connectivity index (χ2v) is 9.00. The van der Waals surface area contributed by atoms with Crippen molar-refractivity contribution in [3.8, 4) is 11.1 Å². The van der Waals surface area contributed by atoms with Gasteiger partial charge in [0.2, 0.25) is 0 Å². The molecule has 7 heteroatoms. The van der Waals surface area contributed by atoms with Crippen molar-refractivity contribution in [2.75, 3.05) is 11.9 Å². The van der Waals surface area contributed by atoms with Crippen molar-refractivity contribution >= 4 is 23.1 Å². The number of fused-ring (bicyclic) bond motifs is 1. The summed E-state index contributed by atoms with van der Waals surface area (Å²) in [6, 6.07) is 9.97. The van der Waals surface area contributed by atoms with Gasteiger partial charge in [-0.25, -0.2) is 9.97 Å². The van der Waals surface area contributed by atoms with Gasteiger partial charge in [-0.05, 0) is 31.0 Å². The van der Waals surface area contributed by atoms with E-state index in [1.165, 1.54) is 0 Å². The largest absolute Gasteiger partial charge is 0.370 e. The topological polar surface area (TPSA) is 60.0 Å². The molecule has 0 spiro atoms. The van der Waals surface area contributed by atoms with E-state index in [4.69, 9.17) is 21.7 Å². The number of benzene rings is 1. The fourth-order valence-electron chi connectivity index (χ4n) is 3.49. The Kier molecular flexibility index (Phi) is 5.52. The summed E-state index contributed by atoms with van der Waals surface area (Å²) in [4.78, 5) is 9.11. The van der Waals surface area contributed by atoms with Gasteiger partial charge >= 0.3 is 0 Å². The Hall–Kier alpha value is -2.86. The summed E-state index contributed by atoms with van der Waals surface area (Å²) in [5, 5.41) is 9.10. The third-order valence-electron chi connectivity index (χ3n) is 5.12. The molecule has 30 heavy (non-hydrogen) atoms. The van der Waals surface area contributed by atoms with Crippen molar-refractivity contribution in [2.45, 2.75) is 46.1 Å². The number of rotatable bonds is 6. The van der Waals surface area contributed by atoms with Crippen molar-refractivity contribution < 1.29 is 0 Å². The van der Waals surface area contributed by atoms with Gasteiger partial charge in [0.15, 0.2) is 5.65 Å². The molecule has 0 saturated heterocycles. The van der Waals surface area contributed by atoms with Gasteiger partial charge in [-0.2, -0.15) is 9.61 Å².